The van der Waals surface area contributed by atoms with Gasteiger partial charge in [0.05, 0.1) is 0 Å². The predicted molar refractivity (Wildman–Crippen MR) is 68.4 cm³/mol. The van der Waals surface area contributed by atoms with Crippen molar-refractivity contribution in [2.45, 2.75) is 19.8 Å². The number of aryl methyl sites for hydroxylation is 1. The third-order valence-electron chi connectivity index (χ3n) is 3.96. The maximum absolute atomic E-state index is 13.4. The van der Waals surface area contributed by atoms with Gasteiger partial charge in [0, 0.05) is 38.8 Å². The molecule has 0 bridgehead atoms. The second-order valence-electron chi connectivity index (χ2n) is 5.67. The van der Waals surface area contributed by atoms with E-state index >= 15 is 0 Å². The monoisotopic (exact) mass is 268 g/mol. The summed E-state index contributed by atoms with van der Waals surface area (Å²) in [5, 5.41) is 3.36. The summed E-state index contributed by atoms with van der Waals surface area (Å²) in [5.41, 5.74) is 0.405. The molecule has 2 atom stereocenters. The SMILES string of the molecule is Cc1cc(C(C)(F)F)nc(N2C[C@H]3CNC[C@H]3C2)n1. The lowest BCUT2D eigenvalue weighted by atomic mass is 10.0. The molecule has 0 aliphatic carbocycles. The Balaban J connectivity index is 1.87. The van der Waals surface area contributed by atoms with Crippen LogP contribution in [0, 0.1) is 18.8 Å². The number of nitrogens with zero attached hydrogens (tertiary/aromatic N) is 3. The van der Waals surface area contributed by atoms with Crippen LogP contribution in [0.25, 0.3) is 0 Å². The maximum Gasteiger partial charge on any atom is 0.287 e. The molecule has 1 aromatic rings. The highest BCUT2D eigenvalue weighted by molar-refractivity contribution is 5.36. The molecule has 1 aromatic heterocycles. The number of halogens is 2. The zero-order valence-corrected chi connectivity index (χ0v) is 11.2. The van der Waals surface area contributed by atoms with Gasteiger partial charge in [-0.15, -0.1) is 0 Å². The maximum atomic E-state index is 13.4. The summed E-state index contributed by atoms with van der Waals surface area (Å²) >= 11 is 0. The Morgan fingerprint density at radius 3 is 2.47 bits per heavy atom. The fraction of sp³-hybridized carbons (Fsp3) is 0.692. The molecule has 2 saturated heterocycles. The van der Waals surface area contributed by atoms with E-state index in [1.165, 1.54) is 6.07 Å². The zero-order chi connectivity index (χ0) is 13.6. The highest BCUT2D eigenvalue weighted by Crippen LogP contribution is 2.31. The second-order valence-corrected chi connectivity index (χ2v) is 5.67. The predicted octanol–water partition coefficient (Wildman–Crippen LogP) is 1.55. The molecule has 0 unspecified atom stereocenters. The average molecular weight is 268 g/mol. The van der Waals surface area contributed by atoms with E-state index in [4.69, 9.17) is 0 Å². The van der Waals surface area contributed by atoms with Crippen molar-refractivity contribution in [1.82, 2.24) is 15.3 Å². The average Bonchev–Trinajstić information content (AvgIpc) is 2.86. The molecule has 0 saturated carbocycles. The van der Waals surface area contributed by atoms with Crippen molar-refractivity contribution in [3.05, 3.63) is 17.5 Å². The van der Waals surface area contributed by atoms with Crippen LogP contribution in [-0.2, 0) is 5.92 Å². The lowest BCUT2D eigenvalue weighted by molar-refractivity contribution is 0.0126. The summed E-state index contributed by atoms with van der Waals surface area (Å²) < 4.78 is 26.8. The molecular weight excluding hydrogens is 250 g/mol. The summed E-state index contributed by atoms with van der Waals surface area (Å²) in [6.45, 7) is 6.33. The smallest absolute Gasteiger partial charge is 0.287 e. The van der Waals surface area contributed by atoms with Gasteiger partial charge in [-0.1, -0.05) is 0 Å². The first-order valence-corrected chi connectivity index (χ1v) is 6.63. The Morgan fingerprint density at radius 2 is 1.89 bits per heavy atom. The summed E-state index contributed by atoms with van der Waals surface area (Å²) in [4.78, 5) is 10.4. The summed E-state index contributed by atoms with van der Waals surface area (Å²) in [6.07, 6.45) is 0. The Labute approximate surface area is 111 Å². The van der Waals surface area contributed by atoms with Crippen LogP contribution < -0.4 is 10.2 Å². The molecule has 19 heavy (non-hydrogen) atoms. The number of hydrogen-bond donors (Lipinski definition) is 1. The van der Waals surface area contributed by atoms with E-state index in [1.807, 2.05) is 4.90 Å². The van der Waals surface area contributed by atoms with E-state index in [9.17, 15) is 8.78 Å². The van der Waals surface area contributed by atoms with Gasteiger partial charge in [0.25, 0.3) is 5.92 Å². The molecule has 4 nitrogen and oxygen atoms in total. The number of rotatable bonds is 2. The first-order chi connectivity index (χ1) is 8.93. The standard InChI is InChI=1S/C13H18F2N4/c1-8-3-11(13(2,14)15)18-12(17-8)19-6-9-4-16-5-10(9)7-19/h3,9-10,16H,4-7H2,1-2H3/t9-,10+. The Hall–Kier alpha value is -1.30. The quantitative estimate of drug-likeness (QED) is 0.883. The fourth-order valence-corrected chi connectivity index (χ4v) is 2.94. The Morgan fingerprint density at radius 1 is 1.26 bits per heavy atom. The number of anilines is 1. The fourth-order valence-electron chi connectivity index (χ4n) is 2.94. The molecule has 2 fully saturated rings. The van der Waals surface area contributed by atoms with Crippen LogP contribution in [0.4, 0.5) is 14.7 Å². The second kappa shape index (κ2) is 4.37. The molecular formula is C13H18F2N4. The number of fused-ring (bicyclic) bond motifs is 1. The number of alkyl halides is 2. The third kappa shape index (κ3) is 2.41. The number of aromatic nitrogens is 2. The largest absolute Gasteiger partial charge is 0.340 e. The van der Waals surface area contributed by atoms with Crippen molar-refractivity contribution in [3.63, 3.8) is 0 Å². The molecule has 0 aromatic carbocycles. The van der Waals surface area contributed by atoms with E-state index in [0.717, 1.165) is 33.1 Å². The normalized spacial score (nSPS) is 26.8. The van der Waals surface area contributed by atoms with Crippen LogP contribution in [-0.4, -0.2) is 36.1 Å². The molecule has 6 heteroatoms. The minimum Gasteiger partial charge on any atom is -0.340 e. The van der Waals surface area contributed by atoms with E-state index in [-0.39, 0.29) is 5.69 Å². The van der Waals surface area contributed by atoms with E-state index < -0.39 is 5.92 Å². The number of nitrogens with one attached hydrogen (secondary N) is 1. The van der Waals surface area contributed by atoms with Crippen molar-refractivity contribution in [2.75, 3.05) is 31.1 Å². The van der Waals surface area contributed by atoms with E-state index in [0.29, 0.717) is 23.5 Å². The van der Waals surface area contributed by atoms with Gasteiger partial charge in [-0.2, -0.15) is 8.78 Å². The molecule has 1 N–H and O–H groups in total. The third-order valence-corrected chi connectivity index (χ3v) is 3.96. The van der Waals surface area contributed by atoms with Crippen molar-refractivity contribution in [3.8, 4) is 0 Å². The van der Waals surface area contributed by atoms with Gasteiger partial charge in [-0.3, -0.25) is 0 Å². The van der Waals surface area contributed by atoms with Gasteiger partial charge >= 0.3 is 0 Å². The van der Waals surface area contributed by atoms with Gasteiger partial charge in [0.1, 0.15) is 5.69 Å². The van der Waals surface area contributed by atoms with Gasteiger partial charge in [-0.05, 0) is 24.8 Å². The van der Waals surface area contributed by atoms with Gasteiger partial charge in [0.15, 0.2) is 0 Å². The van der Waals surface area contributed by atoms with Gasteiger partial charge in [0.2, 0.25) is 5.95 Å². The van der Waals surface area contributed by atoms with E-state index in [1.54, 1.807) is 6.92 Å². The van der Waals surface area contributed by atoms with Crippen LogP contribution in [0.5, 0.6) is 0 Å². The van der Waals surface area contributed by atoms with Crippen LogP contribution >= 0.6 is 0 Å². The molecule has 0 radical (unpaired) electrons. The highest BCUT2D eigenvalue weighted by atomic mass is 19.3. The van der Waals surface area contributed by atoms with Crippen LogP contribution in [0.1, 0.15) is 18.3 Å². The van der Waals surface area contributed by atoms with Gasteiger partial charge in [-0.25, -0.2) is 9.97 Å². The minimum absolute atomic E-state index is 0.190. The molecule has 2 aliphatic rings. The van der Waals surface area contributed by atoms with Crippen molar-refractivity contribution in [1.29, 1.82) is 0 Å². The topological polar surface area (TPSA) is 41.1 Å². The molecule has 0 amide bonds. The Bertz CT molecular complexity index is 474. The number of hydrogen-bond acceptors (Lipinski definition) is 4. The minimum atomic E-state index is -2.92. The molecule has 104 valence electrons. The van der Waals surface area contributed by atoms with Crippen molar-refractivity contribution in [2.24, 2.45) is 11.8 Å². The molecule has 3 heterocycles. The lowest BCUT2D eigenvalue weighted by Gasteiger charge is -2.20. The molecule has 3 rings (SSSR count). The van der Waals surface area contributed by atoms with Crippen LogP contribution in [0.3, 0.4) is 0 Å². The summed E-state index contributed by atoms with van der Waals surface area (Å²) in [6, 6.07) is 1.36. The highest BCUT2D eigenvalue weighted by Gasteiger charge is 2.37. The molecule has 2 aliphatic heterocycles. The van der Waals surface area contributed by atoms with Crippen molar-refractivity contribution < 1.29 is 8.78 Å². The summed E-state index contributed by atoms with van der Waals surface area (Å²) in [5.74, 6) is -1.28. The first kappa shape index (κ1) is 12.7. The summed E-state index contributed by atoms with van der Waals surface area (Å²) in [7, 11) is 0. The first-order valence-electron chi connectivity index (χ1n) is 6.63. The van der Waals surface area contributed by atoms with Crippen LogP contribution in [0.15, 0.2) is 6.07 Å². The van der Waals surface area contributed by atoms with Crippen molar-refractivity contribution >= 4 is 5.95 Å². The zero-order valence-electron chi connectivity index (χ0n) is 11.2. The van der Waals surface area contributed by atoms with E-state index in [2.05, 4.69) is 15.3 Å². The Kier molecular flexibility index (Phi) is 2.92. The van der Waals surface area contributed by atoms with Crippen LogP contribution in [0.2, 0.25) is 0 Å². The molecule has 0 spiro atoms. The van der Waals surface area contributed by atoms with Gasteiger partial charge < -0.3 is 10.2 Å². The lowest BCUT2D eigenvalue weighted by Crippen LogP contribution is -2.28.